The molecule has 0 bridgehead atoms. The number of hydrogen-bond donors (Lipinski definition) is 1. The molecule has 114 valence electrons. The van der Waals surface area contributed by atoms with E-state index in [2.05, 4.69) is 74.5 Å². The molecule has 2 rings (SSSR count). The van der Waals surface area contributed by atoms with E-state index in [4.69, 9.17) is 5.73 Å². The molecule has 21 heavy (non-hydrogen) atoms. The van der Waals surface area contributed by atoms with Crippen molar-refractivity contribution in [2.24, 2.45) is 5.73 Å². The molecule has 0 unspecified atom stereocenters. The number of rotatable bonds is 6. The first-order valence-electron chi connectivity index (χ1n) is 7.45. The lowest BCUT2D eigenvalue weighted by Crippen LogP contribution is -2.31. The Labute approximate surface area is 135 Å². The quantitative estimate of drug-likeness (QED) is 0.785. The maximum Gasteiger partial charge on any atom is 0.00970 e. The van der Waals surface area contributed by atoms with Gasteiger partial charge in [0.2, 0.25) is 0 Å². The SMILES string of the molecule is CC(C)(N)CCCC(c1ccccc1)c1ccccc1.Cl. The van der Waals surface area contributed by atoms with Crippen LogP contribution in [0.15, 0.2) is 60.7 Å². The molecule has 0 radical (unpaired) electrons. The van der Waals surface area contributed by atoms with E-state index in [1.165, 1.54) is 11.1 Å². The van der Waals surface area contributed by atoms with Crippen LogP contribution in [0.25, 0.3) is 0 Å². The Morgan fingerprint density at radius 2 is 1.29 bits per heavy atom. The average Bonchev–Trinajstić information content (AvgIpc) is 2.44. The molecule has 0 spiro atoms. The summed E-state index contributed by atoms with van der Waals surface area (Å²) in [6.07, 6.45) is 3.36. The van der Waals surface area contributed by atoms with Crippen LogP contribution in [0, 0.1) is 0 Å². The Morgan fingerprint density at radius 3 is 1.67 bits per heavy atom. The lowest BCUT2D eigenvalue weighted by atomic mass is 9.85. The zero-order chi connectivity index (χ0) is 14.4. The second-order valence-corrected chi connectivity index (χ2v) is 6.25. The lowest BCUT2D eigenvalue weighted by molar-refractivity contribution is 0.443. The smallest absolute Gasteiger partial charge is 0.00970 e. The molecule has 1 nitrogen and oxygen atoms in total. The number of hydrogen-bond acceptors (Lipinski definition) is 1. The van der Waals surface area contributed by atoms with Gasteiger partial charge in [-0.3, -0.25) is 0 Å². The van der Waals surface area contributed by atoms with Gasteiger partial charge in [-0.15, -0.1) is 12.4 Å². The van der Waals surface area contributed by atoms with Crippen molar-refractivity contribution in [2.75, 3.05) is 0 Å². The molecule has 0 aliphatic rings. The van der Waals surface area contributed by atoms with Gasteiger partial charge in [-0.2, -0.15) is 0 Å². The molecule has 0 atom stereocenters. The monoisotopic (exact) mass is 303 g/mol. The summed E-state index contributed by atoms with van der Waals surface area (Å²) >= 11 is 0. The van der Waals surface area contributed by atoms with Crippen molar-refractivity contribution in [3.8, 4) is 0 Å². The first kappa shape index (κ1) is 17.7. The van der Waals surface area contributed by atoms with E-state index in [0.717, 1.165) is 19.3 Å². The Morgan fingerprint density at radius 1 is 0.857 bits per heavy atom. The van der Waals surface area contributed by atoms with Crippen LogP contribution in [-0.2, 0) is 0 Å². The van der Waals surface area contributed by atoms with Gasteiger partial charge in [-0.25, -0.2) is 0 Å². The van der Waals surface area contributed by atoms with Crippen molar-refractivity contribution < 1.29 is 0 Å². The first-order valence-corrected chi connectivity index (χ1v) is 7.45. The fourth-order valence-corrected chi connectivity index (χ4v) is 2.66. The highest BCUT2D eigenvalue weighted by Crippen LogP contribution is 2.30. The van der Waals surface area contributed by atoms with Crippen molar-refractivity contribution in [3.63, 3.8) is 0 Å². The Bertz CT molecular complexity index is 463. The zero-order valence-electron chi connectivity index (χ0n) is 13.0. The Kier molecular flexibility index (Phi) is 6.94. The molecule has 2 heteroatoms. The number of nitrogens with two attached hydrogens (primary N) is 1. The highest BCUT2D eigenvalue weighted by molar-refractivity contribution is 5.85. The van der Waals surface area contributed by atoms with Crippen LogP contribution in [0.3, 0.4) is 0 Å². The summed E-state index contributed by atoms with van der Waals surface area (Å²) in [5.41, 5.74) is 8.82. The molecular weight excluding hydrogens is 278 g/mol. The first-order chi connectivity index (χ1) is 9.56. The average molecular weight is 304 g/mol. The highest BCUT2D eigenvalue weighted by atomic mass is 35.5. The van der Waals surface area contributed by atoms with E-state index in [0.29, 0.717) is 5.92 Å². The molecule has 0 fully saturated rings. The van der Waals surface area contributed by atoms with E-state index in [1.54, 1.807) is 0 Å². The summed E-state index contributed by atoms with van der Waals surface area (Å²) in [6, 6.07) is 21.6. The minimum Gasteiger partial charge on any atom is -0.326 e. The topological polar surface area (TPSA) is 26.0 Å². The van der Waals surface area contributed by atoms with E-state index < -0.39 is 0 Å². The molecule has 2 aromatic rings. The third kappa shape index (κ3) is 5.91. The van der Waals surface area contributed by atoms with Crippen LogP contribution in [0.5, 0.6) is 0 Å². The molecular formula is C19H26ClN. The molecule has 0 aliphatic heterocycles. The minimum absolute atomic E-state index is 0. The summed E-state index contributed by atoms with van der Waals surface area (Å²) in [5.74, 6) is 0.472. The van der Waals surface area contributed by atoms with E-state index in [1.807, 2.05) is 0 Å². The van der Waals surface area contributed by atoms with Crippen LogP contribution < -0.4 is 5.73 Å². The van der Waals surface area contributed by atoms with Gasteiger partial charge in [0.15, 0.2) is 0 Å². The molecule has 0 saturated carbocycles. The maximum atomic E-state index is 6.10. The van der Waals surface area contributed by atoms with Crippen LogP contribution >= 0.6 is 12.4 Å². The van der Waals surface area contributed by atoms with E-state index in [9.17, 15) is 0 Å². The van der Waals surface area contributed by atoms with Crippen molar-refractivity contribution >= 4 is 12.4 Å². The van der Waals surface area contributed by atoms with Gasteiger partial charge in [0.25, 0.3) is 0 Å². The van der Waals surface area contributed by atoms with Crippen molar-refractivity contribution in [1.29, 1.82) is 0 Å². The predicted octanol–water partition coefficient (Wildman–Crippen LogP) is 5.15. The molecule has 2 N–H and O–H groups in total. The standard InChI is InChI=1S/C19H25N.ClH/c1-19(2,20)15-9-14-18(16-10-5-3-6-11-16)17-12-7-4-8-13-17;/h3-8,10-13,18H,9,14-15,20H2,1-2H3;1H. The number of halogens is 1. The van der Waals surface area contributed by atoms with Gasteiger partial charge in [-0.05, 0) is 37.8 Å². The molecule has 2 aromatic carbocycles. The summed E-state index contributed by atoms with van der Waals surface area (Å²) in [7, 11) is 0. The Balaban J connectivity index is 0.00000220. The third-order valence-corrected chi connectivity index (χ3v) is 3.72. The van der Waals surface area contributed by atoms with Crippen LogP contribution in [0.2, 0.25) is 0 Å². The van der Waals surface area contributed by atoms with Gasteiger partial charge in [-0.1, -0.05) is 67.1 Å². The second-order valence-electron chi connectivity index (χ2n) is 6.25. The van der Waals surface area contributed by atoms with Gasteiger partial charge in [0, 0.05) is 11.5 Å². The zero-order valence-corrected chi connectivity index (χ0v) is 13.8. The maximum absolute atomic E-state index is 6.10. The Hall–Kier alpha value is -1.31. The van der Waals surface area contributed by atoms with Gasteiger partial charge in [0.05, 0.1) is 0 Å². The van der Waals surface area contributed by atoms with Crippen LogP contribution in [-0.4, -0.2) is 5.54 Å². The normalized spacial score (nSPS) is 11.2. The van der Waals surface area contributed by atoms with Crippen LogP contribution in [0.4, 0.5) is 0 Å². The largest absolute Gasteiger partial charge is 0.326 e. The lowest BCUT2D eigenvalue weighted by Gasteiger charge is -2.22. The van der Waals surface area contributed by atoms with Gasteiger partial charge >= 0.3 is 0 Å². The molecule has 0 aromatic heterocycles. The number of benzene rings is 2. The van der Waals surface area contributed by atoms with Gasteiger partial charge in [0.1, 0.15) is 0 Å². The molecule has 0 saturated heterocycles. The van der Waals surface area contributed by atoms with Crippen LogP contribution in [0.1, 0.15) is 50.2 Å². The van der Waals surface area contributed by atoms with Crippen molar-refractivity contribution in [2.45, 2.75) is 44.6 Å². The highest BCUT2D eigenvalue weighted by Gasteiger charge is 2.16. The molecule has 0 heterocycles. The van der Waals surface area contributed by atoms with Crippen molar-refractivity contribution in [3.05, 3.63) is 71.8 Å². The third-order valence-electron chi connectivity index (χ3n) is 3.72. The van der Waals surface area contributed by atoms with E-state index in [-0.39, 0.29) is 17.9 Å². The minimum atomic E-state index is -0.0715. The summed E-state index contributed by atoms with van der Waals surface area (Å²) in [6.45, 7) is 4.21. The van der Waals surface area contributed by atoms with Crippen molar-refractivity contribution in [1.82, 2.24) is 0 Å². The molecule has 0 aliphatic carbocycles. The predicted molar refractivity (Wildman–Crippen MR) is 94.1 cm³/mol. The fourth-order valence-electron chi connectivity index (χ4n) is 2.66. The fraction of sp³-hybridized carbons (Fsp3) is 0.368. The summed E-state index contributed by atoms with van der Waals surface area (Å²) < 4.78 is 0. The summed E-state index contributed by atoms with van der Waals surface area (Å²) in [5, 5.41) is 0. The second kappa shape index (κ2) is 8.21. The van der Waals surface area contributed by atoms with Gasteiger partial charge < -0.3 is 5.73 Å². The molecule has 0 amide bonds. The van der Waals surface area contributed by atoms with E-state index >= 15 is 0 Å². The summed E-state index contributed by atoms with van der Waals surface area (Å²) in [4.78, 5) is 0.